The van der Waals surface area contributed by atoms with Crippen molar-refractivity contribution in [3.63, 3.8) is 0 Å². The maximum atomic E-state index is 10.1. The molecule has 106 valence electrons. The molecule has 1 N–H and O–H groups in total. The molecule has 0 amide bonds. The fourth-order valence-corrected chi connectivity index (χ4v) is 3.15. The lowest BCUT2D eigenvalue weighted by Gasteiger charge is -2.24. The molecule has 0 bridgehead atoms. The zero-order chi connectivity index (χ0) is 13.7. The number of nitrogens with zero attached hydrogens (tertiary/aromatic N) is 1. The smallest absolute Gasteiger partial charge is 0.119 e. The van der Waals surface area contributed by atoms with Crippen molar-refractivity contribution in [2.45, 2.75) is 58.4 Å². The van der Waals surface area contributed by atoms with Gasteiger partial charge in [-0.25, -0.2) is 0 Å². The first kappa shape index (κ1) is 14.4. The minimum atomic E-state index is 0.496. The van der Waals surface area contributed by atoms with E-state index in [0.29, 0.717) is 11.7 Å². The van der Waals surface area contributed by atoms with Gasteiger partial charge in [-0.15, -0.1) is 0 Å². The van der Waals surface area contributed by atoms with Crippen molar-refractivity contribution in [2.24, 2.45) is 0 Å². The topological polar surface area (TPSA) is 23.5 Å². The summed E-state index contributed by atoms with van der Waals surface area (Å²) in [6.45, 7) is 7.55. The Morgan fingerprint density at radius 3 is 2.42 bits per heavy atom. The molecule has 0 radical (unpaired) electrons. The molecule has 19 heavy (non-hydrogen) atoms. The molecular weight excluding hydrogens is 234 g/mol. The van der Waals surface area contributed by atoms with E-state index < -0.39 is 0 Å². The van der Waals surface area contributed by atoms with Crippen molar-refractivity contribution in [1.82, 2.24) is 4.90 Å². The summed E-state index contributed by atoms with van der Waals surface area (Å²) >= 11 is 0. The van der Waals surface area contributed by atoms with Crippen LogP contribution in [0.2, 0.25) is 0 Å². The molecule has 0 spiro atoms. The lowest BCUT2D eigenvalue weighted by atomic mass is 9.83. The molecule has 2 nitrogen and oxygen atoms in total. The third kappa shape index (κ3) is 3.73. The average molecular weight is 261 g/mol. The Morgan fingerprint density at radius 1 is 1.11 bits per heavy atom. The fourth-order valence-electron chi connectivity index (χ4n) is 3.15. The van der Waals surface area contributed by atoms with Gasteiger partial charge in [0, 0.05) is 6.54 Å². The van der Waals surface area contributed by atoms with Crippen LogP contribution >= 0.6 is 0 Å². The molecule has 0 aliphatic heterocycles. The van der Waals surface area contributed by atoms with Crippen molar-refractivity contribution in [3.05, 3.63) is 29.3 Å². The fraction of sp³-hybridized carbons (Fsp3) is 0.647. The van der Waals surface area contributed by atoms with Gasteiger partial charge in [0.15, 0.2) is 0 Å². The van der Waals surface area contributed by atoms with E-state index in [2.05, 4.69) is 30.9 Å². The third-order valence-electron chi connectivity index (χ3n) is 4.44. The highest BCUT2D eigenvalue weighted by Gasteiger charge is 2.19. The van der Waals surface area contributed by atoms with E-state index in [1.165, 1.54) is 43.2 Å². The van der Waals surface area contributed by atoms with E-state index >= 15 is 0 Å². The van der Waals surface area contributed by atoms with Crippen molar-refractivity contribution in [3.8, 4) is 5.75 Å². The highest BCUT2D eigenvalue weighted by molar-refractivity contribution is 5.39. The minimum Gasteiger partial charge on any atom is -0.508 e. The number of hydrogen-bond acceptors (Lipinski definition) is 2. The summed E-state index contributed by atoms with van der Waals surface area (Å²) in [4.78, 5) is 2.41. The summed E-state index contributed by atoms with van der Waals surface area (Å²) in [5.74, 6) is 1.07. The van der Waals surface area contributed by atoms with Crippen LogP contribution < -0.4 is 0 Å². The molecule has 1 saturated carbocycles. The van der Waals surface area contributed by atoms with Crippen molar-refractivity contribution < 1.29 is 5.11 Å². The second-order valence-electron chi connectivity index (χ2n) is 5.69. The number of hydrogen-bond donors (Lipinski definition) is 1. The summed E-state index contributed by atoms with van der Waals surface area (Å²) < 4.78 is 0. The van der Waals surface area contributed by atoms with Gasteiger partial charge in [-0.2, -0.15) is 0 Å². The van der Waals surface area contributed by atoms with Gasteiger partial charge in [-0.3, -0.25) is 4.90 Å². The maximum Gasteiger partial charge on any atom is 0.119 e. The molecule has 0 unspecified atom stereocenters. The van der Waals surface area contributed by atoms with Crippen LogP contribution in [0, 0.1) is 0 Å². The first-order chi connectivity index (χ1) is 9.24. The molecule has 1 aromatic rings. The van der Waals surface area contributed by atoms with Crippen molar-refractivity contribution >= 4 is 0 Å². The first-order valence-corrected chi connectivity index (χ1v) is 7.78. The number of phenolic OH excluding ortho intramolecular Hbond substituents is 1. The highest BCUT2D eigenvalue weighted by Crippen LogP contribution is 2.37. The SMILES string of the molecule is CCN(CC)Cc1ccc(O)c(C2CCCCC2)c1. The van der Waals surface area contributed by atoms with Crippen LogP contribution in [-0.4, -0.2) is 23.1 Å². The second-order valence-corrected chi connectivity index (χ2v) is 5.69. The molecule has 0 aromatic heterocycles. The Kier molecular flexibility index (Phi) is 5.26. The van der Waals surface area contributed by atoms with Crippen LogP contribution in [0.25, 0.3) is 0 Å². The van der Waals surface area contributed by atoms with Crippen LogP contribution in [-0.2, 0) is 6.54 Å². The summed E-state index contributed by atoms with van der Waals surface area (Å²) in [5, 5.41) is 10.1. The molecule has 1 aliphatic rings. The predicted octanol–water partition coefficient (Wildman–Crippen LogP) is 4.28. The van der Waals surface area contributed by atoms with E-state index in [1.54, 1.807) is 0 Å². The molecule has 0 saturated heterocycles. The Labute approximate surface area is 117 Å². The number of benzene rings is 1. The average Bonchev–Trinajstić information content (AvgIpc) is 2.47. The van der Waals surface area contributed by atoms with E-state index in [1.807, 2.05) is 6.07 Å². The third-order valence-corrected chi connectivity index (χ3v) is 4.44. The lowest BCUT2D eigenvalue weighted by molar-refractivity contribution is 0.295. The van der Waals surface area contributed by atoms with Gasteiger partial charge in [0.25, 0.3) is 0 Å². The predicted molar refractivity (Wildman–Crippen MR) is 80.6 cm³/mol. The van der Waals surface area contributed by atoms with Crippen LogP contribution in [0.1, 0.15) is 63.0 Å². The van der Waals surface area contributed by atoms with Crippen LogP contribution in [0.5, 0.6) is 5.75 Å². The van der Waals surface area contributed by atoms with Gasteiger partial charge in [-0.1, -0.05) is 45.2 Å². The van der Waals surface area contributed by atoms with Gasteiger partial charge in [0.2, 0.25) is 0 Å². The minimum absolute atomic E-state index is 0.496. The van der Waals surface area contributed by atoms with Gasteiger partial charge in [0.05, 0.1) is 0 Å². The normalized spacial score (nSPS) is 17.0. The Morgan fingerprint density at radius 2 is 1.79 bits per heavy atom. The van der Waals surface area contributed by atoms with Gasteiger partial charge in [0.1, 0.15) is 5.75 Å². The van der Waals surface area contributed by atoms with Gasteiger partial charge in [-0.05, 0) is 49.0 Å². The Hall–Kier alpha value is -1.02. The van der Waals surface area contributed by atoms with E-state index in [-0.39, 0.29) is 0 Å². The van der Waals surface area contributed by atoms with Gasteiger partial charge >= 0.3 is 0 Å². The standard InChI is InChI=1S/C17H27NO/c1-3-18(4-2)13-14-10-11-17(19)16(12-14)15-8-6-5-7-9-15/h10-12,15,19H,3-9,13H2,1-2H3. The van der Waals surface area contributed by atoms with E-state index in [0.717, 1.165) is 19.6 Å². The first-order valence-electron chi connectivity index (χ1n) is 7.78. The monoisotopic (exact) mass is 261 g/mol. The molecule has 2 heteroatoms. The van der Waals surface area contributed by atoms with E-state index in [9.17, 15) is 5.11 Å². The summed E-state index contributed by atoms with van der Waals surface area (Å²) in [5.41, 5.74) is 2.52. The largest absolute Gasteiger partial charge is 0.508 e. The van der Waals surface area contributed by atoms with E-state index in [4.69, 9.17) is 0 Å². The Balaban J connectivity index is 2.14. The molecule has 1 fully saturated rings. The summed E-state index contributed by atoms with van der Waals surface area (Å²) in [6, 6.07) is 6.20. The summed E-state index contributed by atoms with van der Waals surface area (Å²) in [7, 11) is 0. The lowest BCUT2D eigenvalue weighted by Crippen LogP contribution is -2.22. The molecule has 1 aliphatic carbocycles. The number of rotatable bonds is 5. The van der Waals surface area contributed by atoms with Crippen LogP contribution in [0.15, 0.2) is 18.2 Å². The van der Waals surface area contributed by atoms with Crippen LogP contribution in [0.3, 0.4) is 0 Å². The number of phenols is 1. The molecule has 1 aromatic carbocycles. The van der Waals surface area contributed by atoms with Crippen molar-refractivity contribution in [2.75, 3.05) is 13.1 Å². The molecular formula is C17H27NO. The quantitative estimate of drug-likeness (QED) is 0.855. The van der Waals surface area contributed by atoms with Gasteiger partial charge < -0.3 is 5.11 Å². The second kappa shape index (κ2) is 6.95. The molecule has 2 rings (SSSR count). The van der Waals surface area contributed by atoms with Crippen molar-refractivity contribution in [1.29, 1.82) is 0 Å². The molecule has 0 atom stereocenters. The Bertz CT molecular complexity index is 392. The zero-order valence-electron chi connectivity index (χ0n) is 12.4. The zero-order valence-corrected chi connectivity index (χ0v) is 12.4. The van der Waals surface area contributed by atoms with Crippen LogP contribution in [0.4, 0.5) is 0 Å². The highest BCUT2D eigenvalue weighted by atomic mass is 16.3. The maximum absolute atomic E-state index is 10.1. The summed E-state index contributed by atoms with van der Waals surface area (Å²) in [6.07, 6.45) is 6.45. The number of aromatic hydroxyl groups is 1. The molecule has 0 heterocycles.